The van der Waals surface area contributed by atoms with Crippen molar-refractivity contribution in [2.45, 2.75) is 38.6 Å². The van der Waals surface area contributed by atoms with Crippen molar-refractivity contribution in [3.05, 3.63) is 0 Å². The summed E-state index contributed by atoms with van der Waals surface area (Å²) in [5.41, 5.74) is 0. The van der Waals surface area contributed by atoms with Gasteiger partial charge < -0.3 is 20.6 Å². The highest BCUT2D eigenvalue weighted by Crippen LogP contribution is 2.12. The molecular formula is C13H25N3O3. The Labute approximate surface area is 114 Å². The van der Waals surface area contributed by atoms with Crippen LogP contribution in [0, 0.1) is 5.92 Å². The van der Waals surface area contributed by atoms with E-state index in [2.05, 4.69) is 22.6 Å². The molecule has 110 valence electrons. The lowest BCUT2D eigenvalue weighted by Crippen LogP contribution is -2.47. The van der Waals surface area contributed by atoms with Crippen molar-refractivity contribution >= 4 is 12.0 Å². The molecule has 3 N–H and O–H groups in total. The molecule has 0 aromatic heterocycles. The second-order valence-corrected chi connectivity index (χ2v) is 5.30. The van der Waals surface area contributed by atoms with Crippen molar-refractivity contribution < 1.29 is 14.7 Å². The molecule has 0 radical (unpaired) electrons. The average Bonchev–Trinajstić information content (AvgIpc) is 2.77. The van der Waals surface area contributed by atoms with E-state index < -0.39 is 12.0 Å². The number of hydrogen-bond donors (Lipinski definition) is 3. The summed E-state index contributed by atoms with van der Waals surface area (Å²) in [4.78, 5) is 24.9. The van der Waals surface area contributed by atoms with Crippen LogP contribution in [-0.4, -0.2) is 54.7 Å². The minimum atomic E-state index is -0.968. The first-order chi connectivity index (χ1) is 9.02. The first-order valence-corrected chi connectivity index (χ1v) is 6.98. The number of carbonyl (C=O) groups excluding carboxylic acids is 1. The lowest BCUT2D eigenvalue weighted by atomic mass is 10.1. The van der Waals surface area contributed by atoms with E-state index in [-0.39, 0.29) is 6.03 Å². The van der Waals surface area contributed by atoms with Crippen LogP contribution in [0.25, 0.3) is 0 Å². The fourth-order valence-electron chi connectivity index (χ4n) is 2.30. The van der Waals surface area contributed by atoms with Crippen molar-refractivity contribution in [2.24, 2.45) is 5.92 Å². The topological polar surface area (TPSA) is 81.7 Å². The molecule has 0 aromatic rings. The number of urea groups is 1. The predicted molar refractivity (Wildman–Crippen MR) is 73.1 cm³/mol. The molecule has 0 aromatic carbocycles. The number of likely N-dealkylation sites (tertiary alicyclic amines) is 1. The molecule has 0 aliphatic carbocycles. The standard InChI is InChI=1S/C13H25N3O3/c1-3-4-5-11(12(17)18)15-13(19)14-8-10-6-7-16(2)9-10/h10-11H,3-9H2,1-2H3,(H,17,18)(H2,14,15,19). The number of hydrogen-bond acceptors (Lipinski definition) is 3. The zero-order chi connectivity index (χ0) is 14.3. The van der Waals surface area contributed by atoms with Crippen LogP contribution in [0.15, 0.2) is 0 Å². The van der Waals surface area contributed by atoms with Gasteiger partial charge in [0.25, 0.3) is 0 Å². The summed E-state index contributed by atoms with van der Waals surface area (Å²) in [5, 5.41) is 14.3. The highest BCUT2D eigenvalue weighted by Gasteiger charge is 2.22. The summed E-state index contributed by atoms with van der Waals surface area (Å²) in [6.45, 7) is 4.65. The summed E-state index contributed by atoms with van der Waals surface area (Å²) in [6, 6.07) is -1.16. The average molecular weight is 271 g/mol. The van der Waals surface area contributed by atoms with E-state index in [4.69, 9.17) is 5.11 Å². The van der Waals surface area contributed by atoms with Crippen molar-refractivity contribution in [3.63, 3.8) is 0 Å². The Bertz CT molecular complexity index is 310. The number of nitrogens with one attached hydrogen (secondary N) is 2. The van der Waals surface area contributed by atoms with E-state index in [0.717, 1.165) is 32.4 Å². The molecule has 0 saturated carbocycles. The van der Waals surface area contributed by atoms with E-state index in [1.807, 2.05) is 6.92 Å². The quantitative estimate of drug-likeness (QED) is 0.642. The number of unbranched alkanes of at least 4 members (excludes halogenated alkanes) is 1. The highest BCUT2D eigenvalue weighted by molar-refractivity contribution is 5.82. The van der Waals surface area contributed by atoms with Gasteiger partial charge in [0, 0.05) is 13.1 Å². The second kappa shape index (κ2) is 7.99. The van der Waals surface area contributed by atoms with Gasteiger partial charge in [-0.15, -0.1) is 0 Å². The van der Waals surface area contributed by atoms with Crippen molar-refractivity contribution in [3.8, 4) is 0 Å². The molecule has 1 fully saturated rings. The molecule has 1 saturated heterocycles. The third-order valence-corrected chi connectivity index (χ3v) is 3.49. The molecule has 1 aliphatic heterocycles. The molecule has 2 amide bonds. The number of amides is 2. The Hall–Kier alpha value is -1.30. The van der Waals surface area contributed by atoms with Crippen LogP contribution in [0.5, 0.6) is 0 Å². The molecular weight excluding hydrogens is 246 g/mol. The van der Waals surface area contributed by atoms with Crippen molar-refractivity contribution in [1.29, 1.82) is 0 Å². The molecule has 2 unspecified atom stereocenters. The SMILES string of the molecule is CCCCC(NC(=O)NCC1CCN(C)C1)C(=O)O. The van der Waals surface area contributed by atoms with Crippen LogP contribution in [0.1, 0.15) is 32.6 Å². The summed E-state index contributed by atoms with van der Waals surface area (Å²) < 4.78 is 0. The van der Waals surface area contributed by atoms with Crippen molar-refractivity contribution in [1.82, 2.24) is 15.5 Å². The summed E-state index contributed by atoms with van der Waals surface area (Å²) in [6.07, 6.45) is 3.27. The molecule has 0 spiro atoms. The molecule has 6 heteroatoms. The van der Waals surface area contributed by atoms with Gasteiger partial charge in [0.05, 0.1) is 0 Å². The molecule has 6 nitrogen and oxygen atoms in total. The van der Waals surface area contributed by atoms with Crippen LogP contribution in [0.3, 0.4) is 0 Å². The molecule has 0 bridgehead atoms. The van der Waals surface area contributed by atoms with Gasteiger partial charge in [-0.05, 0) is 32.4 Å². The maximum Gasteiger partial charge on any atom is 0.326 e. The van der Waals surface area contributed by atoms with Crippen LogP contribution in [-0.2, 0) is 4.79 Å². The highest BCUT2D eigenvalue weighted by atomic mass is 16.4. The van der Waals surface area contributed by atoms with Crippen LogP contribution < -0.4 is 10.6 Å². The molecule has 1 heterocycles. The lowest BCUT2D eigenvalue weighted by Gasteiger charge is -2.16. The Kier molecular flexibility index (Phi) is 6.62. The van der Waals surface area contributed by atoms with E-state index in [1.54, 1.807) is 0 Å². The van der Waals surface area contributed by atoms with Gasteiger partial charge in [-0.25, -0.2) is 9.59 Å². The van der Waals surface area contributed by atoms with Gasteiger partial charge in [-0.2, -0.15) is 0 Å². The normalized spacial score (nSPS) is 21.1. The van der Waals surface area contributed by atoms with Gasteiger partial charge in [-0.1, -0.05) is 19.8 Å². The first kappa shape index (κ1) is 15.8. The Morgan fingerprint density at radius 2 is 2.21 bits per heavy atom. The molecule has 2 atom stereocenters. The zero-order valence-electron chi connectivity index (χ0n) is 11.8. The van der Waals surface area contributed by atoms with E-state index in [0.29, 0.717) is 18.9 Å². The lowest BCUT2D eigenvalue weighted by molar-refractivity contribution is -0.139. The predicted octanol–water partition coefficient (Wildman–Crippen LogP) is 0.881. The van der Waals surface area contributed by atoms with Gasteiger partial charge in [-0.3, -0.25) is 0 Å². The largest absolute Gasteiger partial charge is 0.480 e. The number of carbonyl (C=O) groups is 2. The Morgan fingerprint density at radius 1 is 1.47 bits per heavy atom. The number of rotatable bonds is 7. The van der Waals surface area contributed by atoms with E-state index in [9.17, 15) is 9.59 Å². The summed E-state index contributed by atoms with van der Waals surface area (Å²) in [7, 11) is 2.06. The molecule has 1 aliphatic rings. The number of carboxylic acid groups (broad SMARTS) is 1. The minimum Gasteiger partial charge on any atom is -0.480 e. The van der Waals surface area contributed by atoms with Crippen molar-refractivity contribution in [2.75, 3.05) is 26.7 Å². The maximum atomic E-state index is 11.7. The molecule has 19 heavy (non-hydrogen) atoms. The third kappa shape index (κ3) is 5.92. The number of aliphatic carboxylic acids is 1. The fourth-order valence-corrected chi connectivity index (χ4v) is 2.30. The smallest absolute Gasteiger partial charge is 0.326 e. The zero-order valence-corrected chi connectivity index (χ0v) is 11.8. The van der Waals surface area contributed by atoms with Gasteiger partial charge in [0.1, 0.15) is 6.04 Å². The van der Waals surface area contributed by atoms with E-state index >= 15 is 0 Å². The van der Waals surface area contributed by atoms with E-state index in [1.165, 1.54) is 0 Å². The van der Waals surface area contributed by atoms with Crippen LogP contribution in [0.4, 0.5) is 4.79 Å². The fraction of sp³-hybridized carbons (Fsp3) is 0.846. The Balaban J connectivity index is 2.26. The van der Waals surface area contributed by atoms with Gasteiger partial charge in [0.2, 0.25) is 0 Å². The maximum absolute atomic E-state index is 11.7. The van der Waals surface area contributed by atoms with Crippen LogP contribution in [0.2, 0.25) is 0 Å². The molecule has 1 rings (SSSR count). The second-order valence-electron chi connectivity index (χ2n) is 5.30. The first-order valence-electron chi connectivity index (χ1n) is 6.98. The number of carboxylic acids is 1. The minimum absolute atomic E-state index is 0.377. The third-order valence-electron chi connectivity index (χ3n) is 3.49. The summed E-state index contributed by atoms with van der Waals surface area (Å²) in [5.74, 6) is -0.501. The number of nitrogens with zero attached hydrogens (tertiary/aromatic N) is 1. The summed E-state index contributed by atoms with van der Waals surface area (Å²) >= 11 is 0. The van der Waals surface area contributed by atoms with Gasteiger partial charge in [0.15, 0.2) is 0 Å². The van der Waals surface area contributed by atoms with Crippen LogP contribution >= 0.6 is 0 Å². The Morgan fingerprint density at radius 3 is 2.74 bits per heavy atom. The van der Waals surface area contributed by atoms with Gasteiger partial charge >= 0.3 is 12.0 Å². The monoisotopic (exact) mass is 271 g/mol.